The molecule has 0 saturated heterocycles. The van der Waals surface area contributed by atoms with Gasteiger partial charge in [0.2, 0.25) is 0 Å². The molecule has 0 radical (unpaired) electrons. The summed E-state index contributed by atoms with van der Waals surface area (Å²) in [5, 5.41) is 7.60. The number of hydrogen-bond donors (Lipinski definition) is 1. The summed E-state index contributed by atoms with van der Waals surface area (Å²) < 4.78 is 34.2. The van der Waals surface area contributed by atoms with E-state index < -0.39 is 6.43 Å². The molecule has 0 amide bonds. The first-order chi connectivity index (χ1) is 16.3. The number of halogens is 2. The summed E-state index contributed by atoms with van der Waals surface area (Å²) in [4.78, 5) is 25.6. The molecule has 0 unspecified atom stereocenters. The highest BCUT2D eigenvalue weighted by Gasteiger charge is 2.31. The van der Waals surface area contributed by atoms with E-state index in [9.17, 15) is 13.6 Å². The Balaban J connectivity index is 1.56. The van der Waals surface area contributed by atoms with Gasteiger partial charge < -0.3 is 10.1 Å². The number of carbonyl (C=O) groups is 1. The van der Waals surface area contributed by atoms with E-state index in [0.29, 0.717) is 45.8 Å². The Morgan fingerprint density at radius 3 is 2.71 bits per heavy atom. The van der Waals surface area contributed by atoms with Crippen LogP contribution >= 0.6 is 0 Å². The largest absolute Gasteiger partial charge is 0.494 e. The maximum absolute atomic E-state index is 13.4. The van der Waals surface area contributed by atoms with Crippen molar-refractivity contribution in [2.24, 2.45) is 18.0 Å². The van der Waals surface area contributed by atoms with E-state index in [4.69, 9.17) is 4.74 Å². The standard InChI is InChI=1S/C24H24F2N6O2/c1-12-27-24(32(2)31-12)15-5-4-6-16(22(15)34-3)29-17-9-14(10-20(33)13-7-8-13)28-18-11-19(23(25)26)30-21(17)18/h4-6,9,13,23H,7-8,10-11H2,1-3H3,(H,28,29). The average molecular weight is 466 g/mol. The highest BCUT2D eigenvalue weighted by molar-refractivity contribution is 5.99. The number of ether oxygens (including phenoxy) is 1. The number of anilines is 2. The van der Waals surface area contributed by atoms with Gasteiger partial charge in [0.05, 0.1) is 41.1 Å². The van der Waals surface area contributed by atoms with Gasteiger partial charge >= 0.3 is 0 Å². The molecule has 2 aromatic heterocycles. The van der Waals surface area contributed by atoms with Crippen LogP contribution in [0.1, 0.15) is 30.1 Å². The second-order valence-electron chi connectivity index (χ2n) is 8.57. The van der Waals surface area contributed by atoms with Crippen LogP contribution in [0.25, 0.3) is 11.4 Å². The van der Waals surface area contributed by atoms with Crippen LogP contribution in [0.5, 0.6) is 5.75 Å². The topological polar surface area (TPSA) is 94.3 Å². The van der Waals surface area contributed by atoms with E-state index in [1.165, 1.54) is 0 Å². The molecular formula is C24H24F2N6O2. The molecule has 1 aromatic carbocycles. The molecule has 2 aliphatic rings. The number of pyridine rings is 1. The Hall–Kier alpha value is -3.69. The van der Waals surface area contributed by atoms with E-state index >= 15 is 0 Å². The minimum atomic E-state index is -2.67. The summed E-state index contributed by atoms with van der Waals surface area (Å²) in [6.45, 7) is 1.81. The lowest BCUT2D eigenvalue weighted by Crippen LogP contribution is -2.11. The van der Waals surface area contributed by atoms with Gasteiger partial charge in [0.25, 0.3) is 6.43 Å². The normalized spacial score (nSPS) is 14.8. The molecule has 1 aliphatic heterocycles. The summed E-state index contributed by atoms with van der Waals surface area (Å²) in [6, 6.07) is 7.25. The number of para-hydroxylation sites is 1. The number of fused-ring (bicyclic) bond motifs is 1. The van der Waals surface area contributed by atoms with Gasteiger partial charge in [-0.3, -0.25) is 9.78 Å². The van der Waals surface area contributed by atoms with Crippen molar-refractivity contribution in [2.45, 2.75) is 39.0 Å². The predicted octanol–water partition coefficient (Wildman–Crippen LogP) is 4.35. The fourth-order valence-electron chi connectivity index (χ4n) is 4.22. The minimum absolute atomic E-state index is 0.0392. The number of aliphatic imine (C=N–C) groups is 1. The fourth-order valence-corrected chi connectivity index (χ4v) is 4.22. The highest BCUT2D eigenvalue weighted by Crippen LogP contribution is 2.42. The van der Waals surface area contributed by atoms with Gasteiger partial charge in [0, 0.05) is 25.8 Å². The van der Waals surface area contributed by atoms with Crippen LogP contribution in [-0.4, -0.2) is 44.8 Å². The number of Topliss-reactive ketones (excluding diaryl/α,β-unsaturated/α-hetero) is 1. The molecule has 1 fully saturated rings. The number of alkyl halides is 2. The lowest BCUT2D eigenvalue weighted by Gasteiger charge is -2.16. The van der Waals surface area contributed by atoms with E-state index in [1.54, 1.807) is 31.8 Å². The van der Waals surface area contributed by atoms with Gasteiger partial charge in [0.15, 0.2) is 11.6 Å². The van der Waals surface area contributed by atoms with Crippen molar-refractivity contribution in [3.05, 3.63) is 41.5 Å². The summed E-state index contributed by atoms with van der Waals surface area (Å²) in [5.74, 6) is 2.00. The van der Waals surface area contributed by atoms with Gasteiger partial charge in [0.1, 0.15) is 17.3 Å². The van der Waals surface area contributed by atoms with E-state index in [2.05, 4.69) is 25.4 Å². The number of ketones is 1. The molecule has 0 bridgehead atoms. The van der Waals surface area contributed by atoms with Crippen molar-refractivity contribution >= 4 is 28.6 Å². The van der Waals surface area contributed by atoms with E-state index in [0.717, 1.165) is 18.4 Å². The van der Waals surface area contributed by atoms with Crippen molar-refractivity contribution < 1.29 is 18.3 Å². The second kappa shape index (κ2) is 8.58. The number of aromatic nitrogens is 4. The molecule has 176 valence electrons. The van der Waals surface area contributed by atoms with E-state index in [-0.39, 0.29) is 30.3 Å². The first-order valence-electron chi connectivity index (χ1n) is 11.1. The number of rotatable bonds is 8. The van der Waals surface area contributed by atoms with Crippen molar-refractivity contribution in [1.29, 1.82) is 0 Å². The molecule has 5 rings (SSSR count). The number of methoxy groups -OCH3 is 1. The lowest BCUT2D eigenvalue weighted by molar-refractivity contribution is -0.119. The molecule has 34 heavy (non-hydrogen) atoms. The molecule has 1 N–H and O–H groups in total. The Morgan fingerprint density at radius 2 is 2.06 bits per heavy atom. The molecule has 3 heterocycles. The van der Waals surface area contributed by atoms with Gasteiger partial charge in [-0.1, -0.05) is 6.07 Å². The average Bonchev–Trinajstić information content (AvgIpc) is 3.47. The zero-order valence-corrected chi connectivity index (χ0v) is 19.1. The quantitative estimate of drug-likeness (QED) is 0.530. The third kappa shape index (κ3) is 4.15. The first kappa shape index (κ1) is 22.1. The predicted molar refractivity (Wildman–Crippen MR) is 123 cm³/mol. The van der Waals surface area contributed by atoms with E-state index in [1.807, 2.05) is 18.2 Å². The minimum Gasteiger partial charge on any atom is -0.494 e. The Labute approximate surface area is 195 Å². The number of nitrogens with zero attached hydrogens (tertiary/aromatic N) is 5. The van der Waals surface area contributed by atoms with Crippen LogP contribution in [0.4, 0.5) is 25.8 Å². The van der Waals surface area contributed by atoms with Gasteiger partial charge in [-0.05, 0) is 38.0 Å². The molecule has 10 heteroatoms. The van der Waals surface area contributed by atoms with Crippen LogP contribution in [-0.2, 0) is 24.7 Å². The second-order valence-corrected chi connectivity index (χ2v) is 8.57. The number of hydrogen-bond acceptors (Lipinski definition) is 7. The van der Waals surface area contributed by atoms with Crippen LogP contribution in [0.2, 0.25) is 0 Å². The number of aryl methyl sites for hydroxylation is 2. The molecule has 3 aromatic rings. The maximum atomic E-state index is 13.4. The van der Waals surface area contributed by atoms with Crippen molar-refractivity contribution in [2.75, 3.05) is 12.4 Å². The highest BCUT2D eigenvalue weighted by atomic mass is 19.3. The van der Waals surface area contributed by atoms with Crippen molar-refractivity contribution in [3.63, 3.8) is 0 Å². The molecule has 0 spiro atoms. The van der Waals surface area contributed by atoms with Crippen molar-refractivity contribution in [1.82, 2.24) is 19.7 Å². The number of nitrogens with one attached hydrogen (secondary N) is 1. The fraction of sp³-hybridized carbons (Fsp3) is 0.375. The van der Waals surface area contributed by atoms with Crippen molar-refractivity contribution in [3.8, 4) is 17.1 Å². The van der Waals surface area contributed by atoms with Crippen LogP contribution in [0.15, 0.2) is 29.3 Å². The van der Waals surface area contributed by atoms with Crippen LogP contribution in [0, 0.1) is 12.8 Å². The zero-order valence-electron chi connectivity index (χ0n) is 19.1. The monoisotopic (exact) mass is 466 g/mol. The summed E-state index contributed by atoms with van der Waals surface area (Å²) in [6.07, 6.45) is -0.734. The molecule has 8 nitrogen and oxygen atoms in total. The van der Waals surface area contributed by atoms with Crippen LogP contribution in [0.3, 0.4) is 0 Å². The smallest absolute Gasteiger partial charge is 0.277 e. The van der Waals surface area contributed by atoms with Gasteiger partial charge in [-0.15, -0.1) is 0 Å². The SMILES string of the molecule is COc1c(Nc2cc(CC(=O)C3CC3)nc3c2N=C(C(F)F)C3)cccc1-c1nc(C)nn1C. The zero-order chi connectivity index (χ0) is 24.0. The van der Waals surface area contributed by atoms with Crippen LogP contribution < -0.4 is 10.1 Å². The Morgan fingerprint density at radius 1 is 1.26 bits per heavy atom. The van der Waals surface area contributed by atoms with Gasteiger partial charge in [-0.2, -0.15) is 5.10 Å². The summed E-state index contributed by atoms with van der Waals surface area (Å²) in [5.41, 5.74) is 2.95. The molecule has 1 aliphatic carbocycles. The Bertz CT molecular complexity index is 1310. The summed E-state index contributed by atoms with van der Waals surface area (Å²) >= 11 is 0. The molecule has 0 atom stereocenters. The number of carbonyl (C=O) groups excluding carboxylic acids is 1. The lowest BCUT2D eigenvalue weighted by atomic mass is 10.1. The first-order valence-corrected chi connectivity index (χ1v) is 11.1. The Kier molecular flexibility index (Phi) is 5.59. The third-order valence-electron chi connectivity index (χ3n) is 5.96. The third-order valence-corrected chi connectivity index (χ3v) is 5.96. The maximum Gasteiger partial charge on any atom is 0.277 e. The molecule has 1 saturated carbocycles. The van der Waals surface area contributed by atoms with Gasteiger partial charge in [-0.25, -0.2) is 23.4 Å². The molecular weight excluding hydrogens is 442 g/mol. The summed E-state index contributed by atoms with van der Waals surface area (Å²) in [7, 11) is 3.35. The number of benzene rings is 1.